The molecule has 0 unspecified atom stereocenters. The lowest BCUT2D eigenvalue weighted by molar-refractivity contribution is -0.125. The average molecular weight is 314 g/mol. The lowest BCUT2D eigenvalue weighted by Gasteiger charge is -2.08. The molecule has 2 amide bonds. The van der Waals surface area contributed by atoms with Crippen LogP contribution in [0.15, 0.2) is 48.5 Å². The molecule has 120 valence electrons. The molecule has 5 heteroatoms. The highest BCUT2D eigenvalue weighted by molar-refractivity contribution is 5.85. The van der Waals surface area contributed by atoms with Crippen LogP contribution in [-0.2, 0) is 22.6 Å². The van der Waals surface area contributed by atoms with Crippen molar-refractivity contribution in [2.45, 2.75) is 19.9 Å². The van der Waals surface area contributed by atoms with Crippen LogP contribution < -0.4 is 10.6 Å². The Morgan fingerprint density at radius 2 is 1.70 bits per heavy atom. The molecule has 4 nitrogen and oxygen atoms in total. The Morgan fingerprint density at radius 1 is 0.957 bits per heavy atom. The first-order valence-electron chi connectivity index (χ1n) is 7.36. The number of aryl methyl sites for hydroxylation is 1. The molecule has 0 fully saturated rings. The molecule has 0 bridgehead atoms. The van der Waals surface area contributed by atoms with E-state index in [1.807, 2.05) is 31.2 Å². The number of nitrogens with one attached hydrogen (secondary N) is 2. The minimum atomic E-state index is -0.383. The van der Waals surface area contributed by atoms with Crippen molar-refractivity contribution in [3.05, 3.63) is 71.0 Å². The second-order valence-electron chi connectivity index (χ2n) is 5.35. The van der Waals surface area contributed by atoms with Crippen molar-refractivity contribution in [2.75, 3.05) is 6.54 Å². The van der Waals surface area contributed by atoms with E-state index < -0.39 is 0 Å². The standard InChI is InChI=1S/C18H19FN2O2/c1-13-4-2-6-15(8-13)11-20-18(23)12-21-17(22)10-14-5-3-7-16(19)9-14/h2-9H,10-12H2,1H3,(H,20,23)(H,21,22). The SMILES string of the molecule is Cc1cccc(CNC(=O)CNC(=O)Cc2cccc(F)c2)c1. The zero-order valence-corrected chi connectivity index (χ0v) is 12.9. The summed E-state index contributed by atoms with van der Waals surface area (Å²) in [5, 5.41) is 5.27. The van der Waals surface area contributed by atoms with Gasteiger partial charge in [0.25, 0.3) is 0 Å². The Balaban J connectivity index is 1.72. The predicted molar refractivity (Wildman–Crippen MR) is 86.1 cm³/mol. The molecule has 2 rings (SSSR count). The zero-order valence-electron chi connectivity index (χ0n) is 12.9. The molecule has 0 aromatic heterocycles. The van der Waals surface area contributed by atoms with Crippen LogP contribution in [0.1, 0.15) is 16.7 Å². The van der Waals surface area contributed by atoms with E-state index in [4.69, 9.17) is 0 Å². The maximum atomic E-state index is 13.0. The minimum Gasteiger partial charge on any atom is -0.350 e. The maximum Gasteiger partial charge on any atom is 0.239 e. The average Bonchev–Trinajstić information content (AvgIpc) is 2.51. The Morgan fingerprint density at radius 3 is 2.43 bits per heavy atom. The van der Waals surface area contributed by atoms with Gasteiger partial charge in [-0.15, -0.1) is 0 Å². The number of amides is 2. The fourth-order valence-electron chi connectivity index (χ4n) is 2.16. The summed E-state index contributed by atoms with van der Waals surface area (Å²) in [4.78, 5) is 23.5. The van der Waals surface area contributed by atoms with Crippen molar-refractivity contribution in [1.82, 2.24) is 10.6 Å². The van der Waals surface area contributed by atoms with Gasteiger partial charge in [-0.25, -0.2) is 4.39 Å². The number of hydrogen-bond acceptors (Lipinski definition) is 2. The van der Waals surface area contributed by atoms with Crippen molar-refractivity contribution in [3.63, 3.8) is 0 Å². The molecule has 0 aliphatic carbocycles. The first-order valence-corrected chi connectivity index (χ1v) is 7.36. The van der Waals surface area contributed by atoms with Crippen molar-refractivity contribution in [3.8, 4) is 0 Å². The molecule has 0 aliphatic heterocycles. The number of rotatable bonds is 6. The number of halogens is 1. The lowest BCUT2D eigenvalue weighted by Crippen LogP contribution is -2.37. The quantitative estimate of drug-likeness (QED) is 0.858. The van der Waals surface area contributed by atoms with Crippen LogP contribution >= 0.6 is 0 Å². The largest absolute Gasteiger partial charge is 0.350 e. The Hall–Kier alpha value is -2.69. The van der Waals surface area contributed by atoms with Gasteiger partial charge >= 0.3 is 0 Å². The van der Waals surface area contributed by atoms with E-state index >= 15 is 0 Å². The third kappa shape index (κ3) is 5.90. The van der Waals surface area contributed by atoms with Gasteiger partial charge in [-0.1, -0.05) is 42.0 Å². The van der Waals surface area contributed by atoms with E-state index in [0.29, 0.717) is 12.1 Å². The van der Waals surface area contributed by atoms with E-state index in [2.05, 4.69) is 10.6 Å². The van der Waals surface area contributed by atoms with Crippen molar-refractivity contribution in [2.24, 2.45) is 0 Å². The molecule has 2 aromatic rings. The van der Waals surface area contributed by atoms with Crippen LogP contribution in [0.3, 0.4) is 0 Å². The fraction of sp³-hybridized carbons (Fsp3) is 0.222. The molecule has 0 aliphatic rings. The van der Waals surface area contributed by atoms with Crippen LogP contribution in [0.25, 0.3) is 0 Å². The second kappa shape index (κ2) is 8.08. The first kappa shape index (κ1) is 16.7. The van der Waals surface area contributed by atoms with E-state index in [9.17, 15) is 14.0 Å². The fourth-order valence-corrected chi connectivity index (χ4v) is 2.16. The topological polar surface area (TPSA) is 58.2 Å². The zero-order chi connectivity index (χ0) is 16.7. The molecule has 2 aromatic carbocycles. The van der Waals surface area contributed by atoms with Gasteiger partial charge in [-0.05, 0) is 30.2 Å². The summed E-state index contributed by atoms with van der Waals surface area (Å²) in [7, 11) is 0. The van der Waals surface area contributed by atoms with Crippen LogP contribution in [0.2, 0.25) is 0 Å². The monoisotopic (exact) mass is 314 g/mol. The first-order chi connectivity index (χ1) is 11.0. The molecule has 0 atom stereocenters. The summed E-state index contributed by atoms with van der Waals surface area (Å²) in [6.45, 7) is 2.30. The van der Waals surface area contributed by atoms with Crippen molar-refractivity contribution >= 4 is 11.8 Å². The Kier molecular flexibility index (Phi) is 5.86. The van der Waals surface area contributed by atoms with E-state index in [1.54, 1.807) is 12.1 Å². The van der Waals surface area contributed by atoms with Gasteiger partial charge in [0.15, 0.2) is 0 Å². The minimum absolute atomic E-state index is 0.0446. The van der Waals surface area contributed by atoms with Gasteiger partial charge in [0.05, 0.1) is 13.0 Å². The highest BCUT2D eigenvalue weighted by atomic mass is 19.1. The molecule has 0 saturated carbocycles. The summed E-state index contributed by atoms with van der Waals surface area (Å²) in [6.07, 6.45) is 0.0446. The summed E-state index contributed by atoms with van der Waals surface area (Å²) in [6, 6.07) is 13.7. The Bertz CT molecular complexity index is 701. The molecule has 2 N–H and O–H groups in total. The highest BCUT2D eigenvalue weighted by Gasteiger charge is 2.07. The summed E-state index contributed by atoms with van der Waals surface area (Å²) in [5.74, 6) is -0.966. The Labute approximate surface area is 134 Å². The highest BCUT2D eigenvalue weighted by Crippen LogP contribution is 2.04. The van der Waals surface area contributed by atoms with Gasteiger partial charge in [0.1, 0.15) is 5.82 Å². The molecule has 0 spiro atoms. The van der Waals surface area contributed by atoms with Crippen LogP contribution in [0.5, 0.6) is 0 Å². The van der Waals surface area contributed by atoms with Crippen LogP contribution in [0.4, 0.5) is 4.39 Å². The molecule has 0 radical (unpaired) electrons. The summed E-state index contributed by atoms with van der Waals surface area (Å²) >= 11 is 0. The van der Waals surface area contributed by atoms with Crippen LogP contribution in [0, 0.1) is 12.7 Å². The number of hydrogen-bond donors (Lipinski definition) is 2. The normalized spacial score (nSPS) is 10.2. The number of carbonyl (C=O) groups is 2. The smallest absolute Gasteiger partial charge is 0.239 e. The van der Waals surface area contributed by atoms with Gasteiger partial charge in [-0.2, -0.15) is 0 Å². The summed E-state index contributed by atoms with van der Waals surface area (Å²) < 4.78 is 13.0. The molecular formula is C18H19FN2O2. The van der Waals surface area contributed by atoms with Crippen molar-refractivity contribution < 1.29 is 14.0 Å². The van der Waals surface area contributed by atoms with E-state index in [1.165, 1.54) is 12.1 Å². The molecule has 0 saturated heterocycles. The lowest BCUT2D eigenvalue weighted by atomic mass is 10.1. The maximum absolute atomic E-state index is 13.0. The molecule has 0 heterocycles. The number of carbonyl (C=O) groups excluding carboxylic acids is 2. The molecule has 23 heavy (non-hydrogen) atoms. The number of benzene rings is 2. The van der Waals surface area contributed by atoms with E-state index in [-0.39, 0.29) is 30.6 Å². The van der Waals surface area contributed by atoms with Gasteiger partial charge in [0, 0.05) is 6.54 Å². The summed E-state index contributed by atoms with van der Waals surface area (Å²) in [5.41, 5.74) is 2.70. The second-order valence-corrected chi connectivity index (χ2v) is 5.35. The third-order valence-corrected chi connectivity index (χ3v) is 3.27. The predicted octanol–water partition coefficient (Wildman–Crippen LogP) is 2.11. The third-order valence-electron chi connectivity index (χ3n) is 3.27. The van der Waals surface area contributed by atoms with Gasteiger partial charge in [0.2, 0.25) is 11.8 Å². The van der Waals surface area contributed by atoms with E-state index in [0.717, 1.165) is 11.1 Å². The molecular weight excluding hydrogens is 295 g/mol. The van der Waals surface area contributed by atoms with Crippen LogP contribution in [-0.4, -0.2) is 18.4 Å². The van der Waals surface area contributed by atoms with Gasteiger partial charge < -0.3 is 10.6 Å². The van der Waals surface area contributed by atoms with Crippen molar-refractivity contribution in [1.29, 1.82) is 0 Å². The van der Waals surface area contributed by atoms with Gasteiger partial charge in [-0.3, -0.25) is 9.59 Å².